The number of nitrogens with one attached hydrogen (secondary N) is 2. The van der Waals surface area contributed by atoms with Crippen LogP contribution >= 0.6 is 0 Å². The summed E-state index contributed by atoms with van der Waals surface area (Å²) in [5, 5.41) is 6.01. The number of benzene rings is 2. The molecule has 0 spiro atoms. The van der Waals surface area contributed by atoms with E-state index in [1.807, 2.05) is 43.6 Å². The lowest BCUT2D eigenvalue weighted by Crippen LogP contribution is -2.54. The quantitative estimate of drug-likeness (QED) is 0.286. The average Bonchev–Trinajstić information content (AvgIpc) is 3.91. The lowest BCUT2D eigenvalue weighted by molar-refractivity contribution is 0.0240. The number of hydrogen-bond donors (Lipinski definition) is 3. The lowest BCUT2D eigenvalue weighted by atomic mass is 9.96. The SMILES string of the molecule is C[C@@H]1[C@H](NC(=O)c2ccc(C3CC3)cc2F)CCCN1c1cnc(C(N)=O)c(Nc2ccc(N3CCN(C(=O)OC(C)(C)C)CC3)c(F)c2)n1. The summed E-state index contributed by atoms with van der Waals surface area (Å²) in [4.78, 5) is 52.3. The van der Waals surface area contributed by atoms with Gasteiger partial charge in [0.25, 0.3) is 11.8 Å². The molecule has 3 aromatic rings. The van der Waals surface area contributed by atoms with Crippen LogP contribution in [-0.4, -0.2) is 83.2 Å². The second-order valence-electron chi connectivity index (χ2n) is 14.2. The van der Waals surface area contributed by atoms with E-state index in [2.05, 4.69) is 20.6 Å². The third kappa shape index (κ3) is 7.89. The molecule has 2 aromatic carbocycles. The van der Waals surface area contributed by atoms with Crippen LogP contribution in [-0.2, 0) is 4.74 Å². The van der Waals surface area contributed by atoms with Crippen LogP contribution in [0.1, 0.15) is 85.7 Å². The number of aromatic nitrogens is 2. The van der Waals surface area contributed by atoms with E-state index >= 15 is 4.39 Å². The van der Waals surface area contributed by atoms with E-state index in [1.165, 1.54) is 18.3 Å². The standard InChI is InChI=1S/C36H44F2N8O4/c1-21-28(42-34(48)25-11-9-23(18-26(25)37)22-7-8-22)6-5-13-46(21)30-20-40-31(32(39)47)33(43-30)41-24-10-12-29(27(38)19-24)44-14-16-45(17-15-44)35(49)50-36(2,3)4/h9-12,18-22,28H,5-8,13-17H2,1-4H3,(H2,39,47)(H,41,43)(H,42,48)/t21-,28-/m1/s1. The first-order valence-electron chi connectivity index (χ1n) is 17.1. The van der Waals surface area contributed by atoms with Crippen molar-refractivity contribution in [3.8, 4) is 0 Å². The van der Waals surface area contributed by atoms with Crippen LogP contribution in [0.15, 0.2) is 42.6 Å². The van der Waals surface area contributed by atoms with E-state index in [9.17, 15) is 18.8 Å². The van der Waals surface area contributed by atoms with Crippen molar-refractivity contribution >= 4 is 40.9 Å². The maximum Gasteiger partial charge on any atom is 0.410 e. The Morgan fingerprint density at radius 1 is 0.960 bits per heavy atom. The molecule has 3 heterocycles. The molecule has 4 N–H and O–H groups in total. The number of ether oxygens (including phenoxy) is 1. The van der Waals surface area contributed by atoms with Gasteiger partial charge in [0.05, 0.1) is 17.4 Å². The number of halogens is 2. The van der Waals surface area contributed by atoms with E-state index in [-0.39, 0.29) is 29.2 Å². The Morgan fingerprint density at radius 3 is 2.34 bits per heavy atom. The van der Waals surface area contributed by atoms with Crippen molar-refractivity contribution in [2.24, 2.45) is 5.73 Å². The fourth-order valence-electron chi connectivity index (χ4n) is 6.51. The molecule has 1 aliphatic carbocycles. The van der Waals surface area contributed by atoms with Crippen LogP contribution < -0.4 is 26.2 Å². The van der Waals surface area contributed by atoms with E-state index in [0.717, 1.165) is 24.8 Å². The number of piperidine rings is 1. The predicted octanol–water partition coefficient (Wildman–Crippen LogP) is 5.32. The van der Waals surface area contributed by atoms with Crippen LogP contribution in [0.5, 0.6) is 0 Å². The van der Waals surface area contributed by atoms with E-state index in [1.54, 1.807) is 23.1 Å². The first-order chi connectivity index (χ1) is 23.8. The normalized spacial score (nSPS) is 19.6. The monoisotopic (exact) mass is 690 g/mol. The molecule has 3 amide bonds. The van der Waals surface area contributed by atoms with Gasteiger partial charge in [-0.15, -0.1) is 0 Å². The Kier molecular flexibility index (Phi) is 9.81. The van der Waals surface area contributed by atoms with Gasteiger partial charge in [0, 0.05) is 50.5 Å². The number of piperazine rings is 1. The van der Waals surface area contributed by atoms with Gasteiger partial charge in [0.2, 0.25) is 0 Å². The fraction of sp³-hybridized carbons (Fsp3) is 0.472. The van der Waals surface area contributed by atoms with Crippen LogP contribution in [0.3, 0.4) is 0 Å². The summed E-state index contributed by atoms with van der Waals surface area (Å²) in [6.07, 6.45) is 4.55. The van der Waals surface area contributed by atoms with Gasteiger partial charge in [0.1, 0.15) is 23.1 Å². The number of carbonyl (C=O) groups excluding carboxylic acids is 3. The zero-order valence-electron chi connectivity index (χ0n) is 28.8. The van der Waals surface area contributed by atoms with Gasteiger partial charge < -0.3 is 35.8 Å². The summed E-state index contributed by atoms with van der Waals surface area (Å²) >= 11 is 0. The van der Waals surface area contributed by atoms with Gasteiger partial charge in [-0.1, -0.05) is 6.07 Å². The largest absolute Gasteiger partial charge is 0.444 e. The van der Waals surface area contributed by atoms with E-state index < -0.39 is 35.1 Å². The molecule has 1 aromatic heterocycles. The predicted molar refractivity (Wildman–Crippen MR) is 186 cm³/mol. The molecule has 0 bridgehead atoms. The van der Waals surface area contributed by atoms with Crippen molar-refractivity contribution in [1.29, 1.82) is 0 Å². The summed E-state index contributed by atoms with van der Waals surface area (Å²) in [6.45, 7) is 9.62. The van der Waals surface area contributed by atoms with Crippen molar-refractivity contribution in [3.63, 3.8) is 0 Å². The summed E-state index contributed by atoms with van der Waals surface area (Å²) in [6, 6.07) is 8.90. The minimum Gasteiger partial charge on any atom is -0.444 e. The third-order valence-corrected chi connectivity index (χ3v) is 9.36. The molecule has 12 nitrogen and oxygen atoms in total. The summed E-state index contributed by atoms with van der Waals surface area (Å²) in [5.41, 5.74) is 6.56. The van der Waals surface area contributed by atoms with Gasteiger partial charge >= 0.3 is 6.09 Å². The molecule has 50 heavy (non-hydrogen) atoms. The third-order valence-electron chi connectivity index (χ3n) is 9.36. The second-order valence-corrected chi connectivity index (χ2v) is 14.2. The van der Waals surface area contributed by atoms with Gasteiger partial charge in [-0.3, -0.25) is 9.59 Å². The molecule has 3 aliphatic rings. The highest BCUT2D eigenvalue weighted by Gasteiger charge is 2.33. The number of rotatable bonds is 8. The smallest absolute Gasteiger partial charge is 0.410 e. The topological polar surface area (TPSA) is 146 Å². The Balaban J connectivity index is 1.13. The molecular weight excluding hydrogens is 646 g/mol. The Bertz CT molecular complexity index is 1770. The lowest BCUT2D eigenvalue weighted by Gasteiger charge is -2.40. The molecule has 2 aliphatic heterocycles. The van der Waals surface area contributed by atoms with Gasteiger partial charge in [0.15, 0.2) is 11.5 Å². The second kappa shape index (κ2) is 14.1. The highest BCUT2D eigenvalue weighted by Crippen LogP contribution is 2.40. The zero-order valence-corrected chi connectivity index (χ0v) is 28.8. The molecule has 6 rings (SSSR count). The van der Waals surface area contributed by atoms with Crippen molar-refractivity contribution in [3.05, 3.63) is 71.1 Å². The van der Waals surface area contributed by atoms with Crippen LogP contribution in [0.4, 0.5) is 36.6 Å². The highest BCUT2D eigenvalue weighted by molar-refractivity contribution is 5.96. The van der Waals surface area contributed by atoms with Crippen molar-refractivity contribution in [2.75, 3.05) is 47.8 Å². The maximum absolute atomic E-state index is 15.5. The maximum atomic E-state index is 15.5. The summed E-state index contributed by atoms with van der Waals surface area (Å²) in [5.74, 6) is -1.43. The summed E-state index contributed by atoms with van der Waals surface area (Å²) in [7, 11) is 0. The Hall–Kier alpha value is -5.01. The molecule has 14 heteroatoms. The van der Waals surface area contributed by atoms with Gasteiger partial charge in [-0.25, -0.2) is 23.5 Å². The minimum absolute atomic E-state index is 0.0112. The molecule has 266 valence electrons. The van der Waals surface area contributed by atoms with E-state index in [0.29, 0.717) is 62.3 Å². The number of anilines is 4. The number of carbonyl (C=O) groups is 3. The zero-order chi connectivity index (χ0) is 35.7. The van der Waals surface area contributed by atoms with Gasteiger partial charge in [-0.2, -0.15) is 0 Å². The van der Waals surface area contributed by atoms with Crippen LogP contribution in [0.2, 0.25) is 0 Å². The van der Waals surface area contributed by atoms with Crippen molar-refractivity contribution in [1.82, 2.24) is 20.2 Å². The van der Waals surface area contributed by atoms with E-state index in [4.69, 9.17) is 10.5 Å². The van der Waals surface area contributed by atoms with Crippen LogP contribution in [0.25, 0.3) is 0 Å². The highest BCUT2D eigenvalue weighted by atomic mass is 19.1. The number of primary amides is 1. The average molecular weight is 691 g/mol. The number of hydrogen-bond acceptors (Lipinski definition) is 9. The minimum atomic E-state index is -0.807. The first kappa shape index (κ1) is 34.8. The Morgan fingerprint density at radius 2 is 1.70 bits per heavy atom. The molecule has 0 radical (unpaired) electrons. The summed E-state index contributed by atoms with van der Waals surface area (Å²) < 4.78 is 35.8. The fourth-order valence-corrected chi connectivity index (χ4v) is 6.51. The molecule has 0 unspecified atom stereocenters. The molecule has 2 atom stereocenters. The van der Waals surface area contributed by atoms with Crippen molar-refractivity contribution < 1.29 is 27.9 Å². The molecular formula is C36H44F2N8O4. The van der Waals surface area contributed by atoms with Crippen LogP contribution in [0, 0.1) is 11.6 Å². The van der Waals surface area contributed by atoms with Gasteiger partial charge in [-0.05, 0) is 95.2 Å². The number of nitrogens with zero attached hydrogens (tertiary/aromatic N) is 5. The first-order valence-corrected chi connectivity index (χ1v) is 17.1. The Labute approximate surface area is 290 Å². The number of amides is 3. The molecule has 3 fully saturated rings. The van der Waals surface area contributed by atoms with Crippen molar-refractivity contribution in [2.45, 2.75) is 77.0 Å². The molecule has 1 saturated carbocycles. The molecule has 2 saturated heterocycles. The number of nitrogens with two attached hydrogens (primary N) is 1.